The maximum absolute atomic E-state index is 14.6. The molecule has 0 radical (unpaired) electrons. The molecule has 3 heterocycles. The lowest BCUT2D eigenvalue weighted by atomic mass is 10.1. The smallest absolute Gasteiger partial charge is 0.364 e. The average molecular weight is 496 g/mol. The Hall–Kier alpha value is -4.79. The minimum absolute atomic E-state index is 0.0225. The molecule has 0 aliphatic carbocycles. The number of amides is 2. The molecule has 8 nitrogen and oxygen atoms in total. The van der Waals surface area contributed by atoms with Gasteiger partial charge in [0, 0.05) is 11.6 Å². The molecule has 2 amide bonds. The van der Waals surface area contributed by atoms with Crippen LogP contribution in [0, 0.1) is 25.1 Å². The average Bonchev–Trinajstić information content (AvgIpc) is 3.14. The highest BCUT2D eigenvalue weighted by Crippen LogP contribution is 2.36. The van der Waals surface area contributed by atoms with Gasteiger partial charge in [-0.3, -0.25) is 14.3 Å². The Morgan fingerprint density at radius 1 is 1.22 bits per heavy atom. The first-order valence-electron chi connectivity index (χ1n) is 10.3. The van der Waals surface area contributed by atoms with Gasteiger partial charge in [0.1, 0.15) is 17.2 Å². The molecule has 36 heavy (non-hydrogen) atoms. The molecule has 0 atom stereocenters. The number of halogens is 4. The van der Waals surface area contributed by atoms with Gasteiger partial charge >= 0.3 is 6.18 Å². The van der Waals surface area contributed by atoms with Crippen molar-refractivity contribution in [3.63, 3.8) is 0 Å². The summed E-state index contributed by atoms with van der Waals surface area (Å²) < 4.78 is 57.1. The molecule has 0 saturated carbocycles. The van der Waals surface area contributed by atoms with Crippen molar-refractivity contribution >= 4 is 28.4 Å². The number of fused-ring (bicyclic) bond motifs is 1. The topological polar surface area (TPSA) is 116 Å². The molecule has 0 saturated heterocycles. The van der Waals surface area contributed by atoms with Crippen molar-refractivity contribution in [1.82, 2.24) is 19.7 Å². The first kappa shape index (κ1) is 24.3. The lowest BCUT2D eigenvalue weighted by molar-refractivity contribution is -0.140. The van der Waals surface area contributed by atoms with Gasteiger partial charge in [0.05, 0.1) is 29.0 Å². The van der Waals surface area contributed by atoms with E-state index in [4.69, 9.17) is 12.2 Å². The van der Waals surface area contributed by atoms with E-state index in [2.05, 4.69) is 26.3 Å². The van der Waals surface area contributed by atoms with Crippen LogP contribution in [0.25, 0.3) is 10.9 Å². The zero-order valence-electron chi connectivity index (χ0n) is 18.5. The second-order valence-electron chi connectivity index (χ2n) is 7.67. The van der Waals surface area contributed by atoms with E-state index in [0.717, 1.165) is 16.8 Å². The molecule has 3 aromatic heterocycles. The van der Waals surface area contributed by atoms with E-state index in [0.29, 0.717) is 11.3 Å². The predicted octanol–water partition coefficient (Wildman–Crippen LogP) is 3.67. The Bertz CT molecular complexity index is 1550. The Morgan fingerprint density at radius 2 is 1.97 bits per heavy atom. The Labute approximate surface area is 201 Å². The summed E-state index contributed by atoms with van der Waals surface area (Å²) in [7, 11) is 0. The summed E-state index contributed by atoms with van der Waals surface area (Å²) in [6.07, 6.45) is 1.74. The molecule has 0 bridgehead atoms. The van der Waals surface area contributed by atoms with Crippen molar-refractivity contribution in [1.29, 1.82) is 0 Å². The molecule has 182 valence electrons. The van der Waals surface area contributed by atoms with Crippen molar-refractivity contribution in [3.8, 4) is 12.3 Å². The van der Waals surface area contributed by atoms with Crippen LogP contribution in [0.3, 0.4) is 0 Å². The third kappa shape index (κ3) is 4.58. The molecule has 0 aliphatic rings. The minimum atomic E-state index is -4.92. The number of primary amides is 1. The lowest BCUT2D eigenvalue weighted by Gasteiger charge is -2.12. The second kappa shape index (κ2) is 9.10. The summed E-state index contributed by atoms with van der Waals surface area (Å²) in [6.45, 7) is 1.24. The van der Waals surface area contributed by atoms with Gasteiger partial charge in [-0.05, 0) is 36.8 Å². The van der Waals surface area contributed by atoms with Crippen LogP contribution in [0.5, 0.6) is 0 Å². The van der Waals surface area contributed by atoms with E-state index in [1.54, 1.807) is 6.07 Å². The van der Waals surface area contributed by atoms with E-state index < -0.39 is 40.8 Å². The van der Waals surface area contributed by atoms with Crippen molar-refractivity contribution in [2.75, 3.05) is 5.32 Å². The second-order valence-corrected chi connectivity index (χ2v) is 7.67. The first-order valence-corrected chi connectivity index (χ1v) is 10.3. The third-order valence-corrected chi connectivity index (χ3v) is 5.30. The summed E-state index contributed by atoms with van der Waals surface area (Å²) in [4.78, 5) is 32.7. The number of nitrogens with two attached hydrogens (primary N) is 1. The van der Waals surface area contributed by atoms with E-state index in [9.17, 15) is 27.2 Å². The van der Waals surface area contributed by atoms with E-state index in [-0.39, 0.29) is 28.8 Å². The summed E-state index contributed by atoms with van der Waals surface area (Å²) in [5, 5.41) is 5.54. The van der Waals surface area contributed by atoms with Crippen LogP contribution in [0.1, 0.15) is 43.5 Å². The maximum Gasteiger partial charge on any atom is 0.437 e. The number of pyridine rings is 2. The van der Waals surface area contributed by atoms with Crippen molar-refractivity contribution < 1.29 is 27.2 Å². The van der Waals surface area contributed by atoms with Crippen LogP contribution < -0.4 is 11.1 Å². The number of terminal acetylenes is 1. The molecular formula is C24H16F4N6O2. The molecule has 3 N–H and O–H groups in total. The fourth-order valence-corrected chi connectivity index (χ4v) is 3.55. The molecule has 12 heteroatoms. The number of aromatic nitrogens is 4. The van der Waals surface area contributed by atoms with Crippen LogP contribution in [0.15, 0.2) is 42.6 Å². The number of nitrogens with one attached hydrogen (secondary N) is 1. The SMILES string of the molecule is C#Cc1ccc(Cn2nc(C(F)(F)F)c(NC(=O)c3cc(C(N)=O)nc4cccc(F)c34)c2C)cn1. The van der Waals surface area contributed by atoms with Gasteiger partial charge in [-0.15, -0.1) is 6.42 Å². The number of anilines is 1. The summed E-state index contributed by atoms with van der Waals surface area (Å²) in [5.41, 5.74) is 3.29. The number of carbonyl (C=O) groups is 2. The normalized spacial score (nSPS) is 11.3. The Balaban J connectivity index is 1.78. The summed E-state index contributed by atoms with van der Waals surface area (Å²) in [5.74, 6) is -0.625. The van der Waals surface area contributed by atoms with Gasteiger partial charge in [0.15, 0.2) is 5.69 Å². The highest BCUT2D eigenvalue weighted by molar-refractivity contribution is 6.14. The zero-order valence-corrected chi connectivity index (χ0v) is 18.5. The Morgan fingerprint density at radius 3 is 2.58 bits per heavy atom. The van der Waals surface area contributed by atoms with Crippen LogP contribution in [0.4, 0.5) is 23.2 Å². The number of carbonyl (C=O) groups excluding carboxylic acids is 2. The minimum Gasteiger partial charge on any atom is -0.364 e. The molecular weight excluding hydrogens is 480 g/mol. The van der Waals surface area contributed by atoms with Crippen LogP contribution in [-0.4, -0.2) is 31.6 Å². The van der Waals surface area contributed by atoms with Gasteiger partial charge in [-0.25, -0.2) is 14.4 Å². The van der Waals surface area contributed by atoms with Gasteiger partial charge < -0.3 is 11.1 Å². The van der Waals surface area contributed by atoms with Gasteiger partial charge in [0.2, 0.25) is 0 Å². The fraction of sp³-hybridized carbons (Fsp3) is 0.125. The number of hydrogen-bond donors (Lipinski definition) is 2. The van der Waals surface area contributed by atoms with Crippen molar-refractivity contribution in [3.05, 3.63) is 82.3 Å². The van der Waals surface area contributed by atoms with Gasteiger partial charge in [-0.2, -0.15) is 18.3 Å². The van der Waals surface area contributed by atoms with Crippen molar-refractivity contribution in [2.24, 2.45) is 5.73 Å². The van der Waals surface area contributed by atoms with Gasteiger partial charge in [0.25, 0.3) is 11.8 Å². The Kier molecular flexibility index (Phi) is 6.15. The number of nitrogens with zero attached hydrogens (tertiary/aromatic N) is 4. The molecule has 0 unspecified atom stereocenters. The van der Waals surface area contributed by atoms with Crippen molar-refractivity contribution in [2.45, 2.75) is 19.6 Å². The molecule has 1 aromatic carbocycles. The number of alkyl halides is 3. The standard InChI is InChI=1S/C24H16F4N6O2/c1-3-14-8-7-13(10-30-14)11-34-12(2)20(21(33-34)24(26,27)28)32-23(36)15-9-18(22(29)35)31-17-6-4-5-16(25)19(15)17/h1,4-10H,11H2,2H3,(H2,29,35)(H,32,36). The third-order valence-electron chi connectivity index (χ3n) is 5.30. The quantitative estimate of drug-likeness (QED) is 0.323. The molecule has 0 spiro atoms. The number of rotatable bonds is 5. The molecule has 4 rings (SSSR count). The molecule has 4 aromatic rings. The van der Waals surface area contributed by atoms with E-state index in [1.807, 2.05) is 0 Å². The maximum atomic E-state index is 14.6. The lowest BCUT2D eigenvalue weighted by Crippen LogP contribution is -2.20. The first-order chi connectivity index (χ1) is 17.0. The number of hydrogen-bond acceptors (Lipinski definition) is 5. The van der Waals surface area contributed by atoms with Crippen LogP contribution in [-0.2, 0) is 12.7 Å². The zero-order chi connectivity index (χ0) is 26.2. The monoisotopic (exact) mass is 496 g/mol. The summed E-state index contributed by atoms with van der Waals surface area (Å²) in [6, 6.07) is 7.74. The largest absolute Gasteiger partial charge is 0.437 e. The number of benzene rings is 1. The highest BCUT2D eigenvalue weighted by atomic mass is 19.4. The summed E-state index contributed by atoms with van der Waals surface area (Å²) >= 11 is 0. The molecule has 0 aliphatic heterocycles. The van der Waals surface area contributed by atoms with Gasteiger partial charge in [-0.1, -0.05) is 18.1 Å². The van der Waals surface area contributed by atoms with Crippen LogP contribution >= 0.6 is 0 Å². The highest BCUT2D eigenvalue weighted by Gasteiger charge is 2.39. The fourth-order valence-electron chi connectivity index (χ4n) is 3.55. The molecule has 0 fully saturated rings. The predicted molar refractivity (Wildman–Crippen MR) is 121 cm³/mol. The van der Waals surface area contributed by atoms with Crippen LogP contribution in [0.2, 0.25) is 0 Å². The van der Waals surface area contributed by atoms with E-state index >= 15 is 0 Å². The van der Waals surface area contributed by atoms with E-state index in [1.165, 1.54) is 31.3 Å².